The van der Waals surface area contributed by atoms with Crippen LogP contribution in [-0.4, -0.2) is 23.1 Å². The summed E-state index contributed by atoms with van der Waals surface area (Å²) in [5, 5.41) is 14.9. The molecule has 1 rings (SSSR count). The van der Waals surface area contributed by atoms with E-state index in [-0.39, 0.29) is 5.41 Å². The van der Waals surface area contributed by atoms with E-state index >= 15 is 0 Å². The largest absolute Gasteiger partial charge is 0.369 e. The van der Waals surface area contributed by atoms with Gasteiger partial charge in [-0.15, -0.1) is 0 Å². The molecule has 1 aromatic rings. The van der Waals surface area contributed by atoms with Crippen molar-refractivity contribution in [3.8, 4) is 6.07 Å². The van der Waals surface area contributed by atoms with Gasteiger partial charge in [-0.2, -0.15) is 5.26 Å². The Bertz CT molecular complexity index is 428. The molecule has 0 radical (unpaired) electrons. The van der Waals surface area contributed by atoms with Crippen molar-refractivity contribution < 1.29 is 0 Å². The van der Waals surface area contributed by atoms with E-state index in [4.69, 9.17) is 5.26 Å². The number of aryl methyl sites for hydroxylation is 1. The third kappa shape index (κ3) is 5.48. The molecule has 0 saturated carbocycles. The van der Waals surface area contributed by atoms with Gasteiger partial charge in [0.05, 0.1) is 12.5 Å². The van der Waals surface area contributed by atoms with Crippen molar-refractivity contribution in [2.24, 2.45) is 5.41 Å². The SMILES string of the molecule is Cc1nc(NCCC#N)cc(NCC(C)(C)C)n1. The van der Waals surface area contributed by atoms with Gasteiger partial charge in [0.1, 0.15) is 17.5 Å². The zero-order chi connectivity index (χ0) is 13.6. The summed E-state index contributed by atoms with van der Waals surface area (Å²) < 4.78 is 0. The minimum atomic E-state index is 0.202. The van der Waals surface area contributed by atoms with Crippen molar-refractivity contribution in [3.05, 3.63) is 11.9 Å². The van der Waals surface area contributed by atoms with Gasteiger partial charge in [-0.3, -0.25) is 0 Å². The summed E-state index contributed by atoms with van der Waals surface area (Å²) in [6, 6.07) is 3.96. The smallest absolute Gasteiger partial charge is 0.131 e. The first kappa shape index (κ1) is 14.2. The summed E-state index contributed by atoms with van der Waals surface area (Å²) in [5.74, 6) is 2.29. The van der Waals surface area contributed by atoms with Gasteiger partial charge in [-0.25, -0.2) is 9.97 Å². The van der Waals surface area contributed by atoms with Gasteiger partial charge < -0.3 is 10.6 Å². The maximum atomic E-state index is 8.49. The predicted octanol–water partition coefficient (Wildman–Crippen LogP) is 2.57. The van der Waals surface area contributed by atoms with E-state index in [1.807, 2.05) is 13.0 Å². The first-order valence-corrected chi connectivity index (χ1v) is 6.11. The van der Waals surface area contributed by atoms with Gasteiger partial charge in [0, 0.05) is 19.2 Å². The molecule has 1 heterocycles. The lowest BCUT2D eigenvalue weighted by Gasteiger charge is -2.19. The molecule has 0 aliphatic rings. The van der Waals surface area contributed by atoms with Gasteiger partial charge in [0.2, 0.25) is 0 Å². The average molecular weight is 247 g/mol. The second-order valence-electron chi connectivity index (χ2n) is 5.43. The van der Waals surface area contributed by atoms with Gasteiger partial charge in [0.15, 0.2) is 0 Å². The molecule has 0 aromatic carbocycles. The van der Waals surface area contributed by atoms with E-state index in [1.165, 1.54) is 0 Å². The fraction of sp³-hybridized carbons (Fsp3) is 0.615. The first-order valence-electron chi connectivity index (χ1n) is 6.11. The van der Waals surface area contributed by atoms with Crippen LogP contribution in [0.3, 0.4) is 0 Å². The van der Waals surface area contributed by atoms with Crippen LogP contribution in [0.4, 0.5) is 11.6 Å². The Morgan fingerprint density at radius 3 is 2.39 bits per heavy atom. The Labute approximate surface area is 109 Å². The highest BCUT2D eigenvalue weighted by Gasteiger charge is 2.10. The van der Waals surface area contributed by atoms with Crippen LogP contribution in [0, 0.1) is 23.7 Å². The number of aromatic nitrogens is 2. The van der Waals surface area contributed by atoms with Crippen molar-refractivity contribution in [1.29, 1.82) is 5.26 Å². The van der Waals surface area contributed by atoms with E-state index < -0.39 is 0 Å². The van der Waals surface area contributed by atoms with E-state index in [2.05, 4.69) is 47.4 Å². The molecule has 2 N–H and O–H groups in total. The molecule has 0 bridgehead atoms. The maximum Gasteiger partial charge on any atom is 0.131 e. The molecule has 0 fully saturated rings. The van der Waals surface area contributed by atoms with E-state index in [1.54, 1.807) is 0 Å². The van der Waals surface area contributed by atoms with Crippen LogP contribution in [0.15, 0.2) is 6.07 Å². The molecular weight excluding hydrogens is 226 g/mol. The van der Waals surface area contributed by atoms with Crippen molar-refractivity contribution in [3.63, 3.8) is 0 Å². The molecule has 5 nitrogen and oxygen atoms in total. The lowest BCUT2D eigenvalue weighted by molar-refractivity contribution is 0.442. The molecule has 0 unspecified atom stereocenters. The summed E-state index contributed by atoms with van der Waals surface area (Å²) in [5.41, 5.74) is 0.202. The maximum absolute atomic E-state index is 8.49. The molecule has 1 aromatic heterocycles. The van der Waals surface area contributed by atoms with Crippen LogP contribution in [0.1, 0.15) is 33.0 Å². The predicted molar refractivity (Wildman–Crippen MR) is 73.4 cm³/mol. The van der Waals surface area contributed by atoms with Crippen LogP contribution < -0.4 is 10.6 Å². The average Bonchev–Trinajstić information content (AvgIpc) is 2.25. The Hall–Kier alpha value is -1.83. The minimum Gasteiger partial charge on any atom is -0.369 e. The zero-order valence-electron chi connectivity index (χ0n) is 11.5. The normalized spacial score (nSPS) is 10.8. The van der Waals surface area contributed by atoms with Crippen molar-refractivity contribution in [2.45, 2.75) is 34.1 Å². The van der Waals surface area contributed by atoms with Crippen molar-refractivity contribution >= 4 is 11.6 Å². The summed E-state index contributed by atoms with van der Waals surface area (Å²) in [7, 11) is 0. The first-order chi connectivity index (χ1) is 8.40. The summed E-state index contributed by atoms with van der Waals surface area (Å²) in [6.07, 6.45) is 0.466. The van der Waals surface area contributed by atoms with E-state index in [0.29, 0.717) is 18.8 Å². The van der Waals surface area contributed by atoms with Gasteiger partial charge >= 0.3 is 0 Å². The van der Waals surface area contributed by atoms with E-state index in [0.717, 1.165) is 18.2 Å². The number of nitriles is 1. The molecule has 0 saturated heterocycles. The summed E-state index contributed by atoms with van der Waals surface area (Å²) >= 11 is 0. The zero-order valence-corrected chi connectivity index (χ0v) is 11.5. The molecule has 98 valence electrons. The number of hydrogen-bond acceptors (Lipinski definition) is 5. The van der Waals surface area contributed by atoms with E-state index in [9.17, 15) is 0 Å². The fourth-order valence-electron chi connectivity index (χ4n) is 1.35. The molecular formula is C13H21N5. The molecule has 5 heteroatoms. The second-order valence-corrected chi connectivity index (χ2v) is 5.43. The van der Waals surface area contributed by atoms with Crippen LogP contribution in [0.25, 0.3) is 0 Å². The number of nitrogens with zero attached hydrogens (tertiary/aromatic N) is 3. The highest BCUT2D eigenvalue weighted by molar-refractivity contribution is 5.47. The van der Waals surface area contributed by atoms with Crippen LogP contribution in [0.5, 0.6) is 0 Å². The molecule has 18 heavy (non-hydrogen) atoms. The highest BCUT2D eigenvalue weighted by atomic mass is 15.1. The third-order valence-corrected chi connectivity index (χ3v) is 2.18. The van der Waals surface area contributed by atoms with Crippen LogP contribution >= 0.6 is 0 Å². The summed E-state index contributed by atoms with van der Waals surface area (Å²) in [6.45, 7) is 9.81. The molecule has 0 aliphatic heterocycles. The Morgan fingerprint density at radius 2 is 1.83 bits per heavy atom. The Balaban J connectivity index is 2.66. The Morgan fingerprint density at radius 1 is 1.22 bits per heavy atom. The van der Waals surface area contributed by atoms with Crippen molar-refractivity contribution in [2.75, 3.05) is 23.7 Å². The third-order valence-electron chi connectivity index (χ3n) is 2.18. The second kappa shape index (κ2) is 6.20. The number of rotatable bonds is 5. The fourth-order valence-corrected chi connectivity index (χ4v) is 1.35. The monoisotopic (exact) mass is 247 g/mol. The van der Waals surface area contributed by atoms with Crippen LogP contribution in [0.2, 0.25) is 0 Å². The lowest BCUT2D eigenvalue weighted by atomic mass is 9.97. The summed E-state index contributed by atoms with van der Waals surface area (Å²) in [4.78, 5) is 8.62. The van der Waals surface area contributed by atoms with Gasteiger partial charge in [0.25, 0.3) is 0 Å². The molecule has 0 atom stereocenters. The number of anilines is 2. The topological polar surface area (TPSA) is 73.6 Å². The van der Waals surface area contributed by atoms with Crippen molar-refractivity contribution in [1.82, 2.24) is 9.97 Å². The quantitative estimate of drug-likeness (QED) is 0.782. The molecule has 0 spiro atoms. The molecule has 0 amide bonds. The van der Waals surface area contributed by atoms with Gasteiger partial charge in [-0.05, 0) is 12.3 Å². The lowest BCUT2D eigenvalue weighted by Crippen LogP contribution is -2.20. The van der Waals surface area contributed by atoms with Crippen LogP contribution in [-0.2, 0) is 0 Å². The van der Waals surface area contributed by atoms with Gasteiger partial charge in [-0.1, -0.05) is 20.8 Å². The Kier molecular flexibility index (Phi) is 4.90. The minimum absolute atomic E-state index is 0.202. The number of hydrogen-bond donors (Lipinski definition) is 2. The highest BCUT2D eigenvalue weighted by Crippen LogP contribution is 2.16. The number of nitrogens with one attached hydrogen (secondary N) is 2. The standard InChI is InChI=1S/C13H21N5/c1-10-17-11(15-7-5-6-14)8-12(18-10)16-9-13(2,3)4/h8H,5,7,9H2,1-4H3,(H2,15,16,17,18). The molecule has 0 aliphatic carbocycles.